The van der Waals surface area contributed by atoms with Crippen LogP contribution in [0, 0.1) is 5.92 Å². The fourth-order valence-corrected chi connectivity index (χ4v) is 4.78. The Bertz CT molecular complexity index is 1140. The summed E-state index contributed by atoms with van der Waals surface area (Å²) in [6.45, 7) is 3.87. The summed E-state index contributed by atoms with van der Waals surface area (Å²) in [4.78, 5) is 23.7. The maximum Gasteiger partial charge on any atom is 0.416 e. The molecule has 2 heterocycles. The van der Waals surface area contributed by atoms with E-state index in [2.05, 4.69) is 4.99 Å². The molecule has 2 aromatic carbocycles. The lowest BCUT2D eigenvalue weighted by molar-refractivity contribution is -0.137. The molecule has 2 aromatic rings. The monoisotopic (exact) mass is 477 g/mol. The Morgan fingerprint density at radius 2 is 1.70 bits per heavy atom. The Morgan fingerprint density at radius 1 is 1.06 bits per heavy atom. The molecule has 1 atom stereocenters. The number of aliphatic imine (C=N–C) groups is 2. The van der Waals surface area contributed by atoms with Gasteiger partial charge in [-0.25, -0.2) is 4.99 Å². The number of benzene rings is 2. The van der Waals surface area contributed by atoms with E-state index in [-0.39, 0.29) is 11.8 Å². The van der Waals surface area contributed by atoms with Gasteiger partial charge in [0.15, 0.2) is 16.7 Å². The van der Waals surface area contributed by atoms with E-state index in [1.54, 1.807) is 12.1 Å². The van der Waals surface area contributed by atoms with Crippen LogP contribution in [0.4, 0.5) is 18.9 Å². The van der Waals surface area contributed by atoms with Crippen molar-refractivity contribution in [1.82, 2.24) is 4.90 Å². The Kier molecular flexibility index (Phi) is 6.13. The molecule has 174 valence electrons. The van der Waals surface area contributed by atoms with Gasteiger partial charge in [0, 0.05) is 17.4 Å². The zero-order valence-electron chi connectivity index (χ0n) is 18.4. The van der Waals surface area contributed by atoms with Crippen LogP contribution < -0.4 is 9.47 Å². The Hall–Kier alpha value is -3.01. The number of amidine groups is 2. The third-order valence-electron chi connectivity index (χ3n) is 5.42. The SMILES string of the molecule is COc1cc2c(cc1OC)C1=NC(=O)C(C(C)C)N1C(SCc1ccc(C(F)(F)F)cc1)=N2. The summed E-state index contributed by atoms with van der Waals surface area (Å²) < 4.78 is 49.4. The van der Waals surface area contributed by atoms with Crippen LogP contribution in [0.5, 0.6) is 11.5 Å². The molecule has 0 spiro atoms. The maximum atomic E-state index is 12.9. The molecule has 6 nitrogen and oxygen atoms in total. The number of carbonyl (C=O) groups is 1. The van der Waals surface area contributed by atoms with E-state index in [9.17, 15) is 18.0 Å². The predicted octanol–water partition coefficient (Wildman–Crippen LogP) is 5.27. The van der Waals surface area contributed by atoms with Crippen LogP contribution in [-0.2, 0) is 16.7 Å². The second-order valence-corrected chi connectivity index (χ2v) is 8.88. The summed E-state index contributed by atoms with van der Waals surface area (Å²) >= 11 is 1.34. The number of alkyl halides is 3. The normalized spacial score (nSPS) is 17.5. The molecule has 1 amide bonds. The van der Waals surface area contributed by atoms with E-state index >= 15 is 0 Å². The lowest BCUT2D eigenvalue weighted by Crippen LogP contribution is -2.46. The number of halogens is 3. The van der Waals surface area contributed by atoms with Gasteiger partial charge in [0.1, 0.15) is 11.9 Å². The van der Waals surface area contributed by atoms with Crippen molar-refractivity contribution in [3.8, 4) is 11.5 Å². The Labute approximate surface area is 193 Å². The average molecular weight is 478 g/mol. The zero-order chi connectivity index (χ0) is 23.9. The van der Waals surface area contributed by atoms with Gasteiger partial charge in [-0.2, -0.15) is 18.2 Å². The van der Waals surface area contributed by atoms with Gasteiger partial charge in [-0.1, -0.05) is 37.7 Å². The van der Waals surface area contributed by atoms with Gasteiger partial charge in [0.25, 0.3) is 5.91 Å². The molecule has 2 aliphatic heterocycles. The highest BCUT2D eigenvalue weighted by molar-refractivity contribution is 8.13. The molecular formula is C23H22F3N3O3S. The van der Waals surface area contributed by atoms with E-state index in [0.29, 0.717) is 45.1 Å². The molecule has 0 aromatic heterocycles. The van der Waals surface area contributed by atoms with Crippen LogP contribution in [0.25, 0.3) is 0 Å². The molecule has 2 aliphatic rings. The van der Waals surface area contributed by atoms with Crippen molar-refractivity contribution in [2.45, 2.75) is 31.8 Å². The van der Waals surface area contributed by atoms with Crippen molar-refractivity contribution in [2.75, 3.05) is 14.2 Å². The Morgan fingerprint density at radius 3 is 2.27 bits per heavy atom. The summed E-state index contributed by atoms with van der Waals surface area (Å²) in [5, 5.41) is 0.554. The largest absolute Gasteiger partial charge is 0.493 e. The second kappa shape index (κ2) is 8.74. The highest BCUT2D eigenvalue weighted by Gasteiger charge is 2.43. The number of ether oxygens (including phenoxy) is 2. The molecule has 0 saturated heterocycles. The average Bonchev–Trinajstić information content (AvgIpc) is 3.13. The van der Waals surface area contributed by atoms with Crippen molar-refractivity contribution in [3.05, 3.63) is 53.1 Å². The predicted molar refractivity (Wildman–Crippen MR) is 121 cm³/mol. The smallest absolute Gasteiger partial charge is 0.416 e. The molecule has 0 N–H and O–H groups in total. The summed E-state index contributed by atoms with van der Waals surface area (Å²) in [6, 6.07) is 7.98. The topological polar surface area (TPSA) is 63.5 Å². The highest BCUT2D eigenvalue weighted by Crippen LogP contribution is 2.42. The van der Waals surface area contributed by atoms with Crippen molar-refractivity contribution in [3.63, 3.8) is 0 Å². The number of thioether (sulfide) groups is 1. The number of nitrogens with zero attached hydrogens (tertiary/aromatic N) is 3. The number of fused-ring (bicyclic) bond motifs is 3. The van der Waals surface area contributed by atoms with Crippen LogP contribution in [0.15, 0.2) is 46.4 Å². The standard InChI is InChI=1S/C23H22F3N3O3S/c1-12(2)19-21(30)28-20-15-9-17(31-3)18(32-4)10-16(15)27-22(29(19)20)33-11-13-5-7-14(8-6-13)23(24,25)26/h5-10,12,19H,11H2,1-4H3. The van der Waals surface area contributed by atoms with E-state index in [0.717, 1.165) is 12.1 Å². The first kappa shape index (κ1) is 23.2. The van der Waals surface area contributed by atoms with E-state index in [1.807, 2.05) is 18.7 Å². The van der Waals surface area contributed by atoms with Crippen molar-refractivity contribution >= 4 is 34.4 Å². The van der Waals surface area contributed by atoms with Gasteiger partial charge in [-0.3, -0.25) is 9.69 Å². The molecule has 0 fully saturated rings. The number of rotatable bonds is 5. The molecule has 0 radical (unpaired) electrons. The van der Waals surface area contributed by atoms with Crippen LogP contribution >= 0.6 is 11.8 Å². The fourth-order valence-electron chi connectivity index (χ4n) is 3.79. The van der Waals surface area contributed by atoms with Gasteiger partial charge >= 0.3 is 6.18 Å². The third-order valence-corrected chi connectivity index (χ3v) is 6.44. The molecule has 1 unspecified atom stereocenters. The minimum atomic E-state index is -4.38. The van der Waals surface area contributed by atoms with Crippen molar-refractivity contribution in [1.29, 1.82) is 0 Å². The summed E-state index contributed by atoms with van der Waals surface area (Å²) in [5.74, 6) is 1.56. The zero-order valence-corrected chi connectivity index (χ0v) is 19.3. The molecule has 4 rings (SSSR count). The quantitative estimate of drug-likeness (QED) is 0.587. The molecule has 0 bridgehead atoms. The summed E-state index contributed by atoms with van der Waals surface area (Å²) in [5.41, 5.74) is 1.25. The van der Waals surface area contributed by atoms with E-state index in [1.165, 1.54) is 38.1 Å². The lowest BCUT2D eigenvalue weighted by Gasteiger charge is -2.33. The number of hydrogen-bond acceptors (Lipinski definition) is 6. The van der Waals surface area contributed by atoms with Gasteiger partial charge in [0.2, 0.25) is 0 Å². The fraction of sp³-hybridized carbons (Fsp3) is 0.348. The van der Waals surface area contributed by atoms with Gasteiger partial charge in [-0.05, 0) is 29.7 Å². The van der Waals surface area contributed by atoms with Crippen LogP contribution in [-0.4, -0.2) is 42.1 Å². The summed E-state index contributed by atoms with van der Waals surface area (Å²) in [6.07, 6.45) is -4.38. The molecule has 33 heavy (non-hydrogen) atoms. The number of methoxy groups -OCH3 is 2. The molecule has 0 saturated carbocycles. The van der Waals surface area contributed by atoms with E-state index in [4.69, 9.17) is 14.5 Å². The third kappa shape index (κ3) is 4.31. The van der Waals surface area contributed by atoms with Crippen molar-refractivity contribution in [2.24, 2.45) is 15.9 Å². The minimum absolute atomic E-state index is 0.0303. The highest BCUT2D eigenvalue weighted by atomic mass is 32.2. The van der Waals surface area contributed by atoms with Crippen LogP contribution in [0.3, 0.4) is 0 Å². The minimum Gasteiger partial charge on any atom is -0.493 e. The second-order valence-electron chi connectivity index (χ2n) is 7.93. The first-order chi connectivity index (χ1) is 15.6. The van der Waals surface area contributed by atoms with E-state index < -0.39 is 17.8 Å². The Balaban J connectivity index is 1.70. The number of carbonyl (C=O) groups excluding carboxylic acids is 1. The molecule has 0 aliphatic carbocycles. The van der Waals surface area contributed by atoms with Crippen LogP contribution in [0.1, 0.15) is 30.5 Å². The number of amides is 1. The first-order valence-electron chi connectivity index (χ1n) is 10.2. The molecule has 10 heteroatoms. The summed E-state index contributed by atoms with van der Waals surface area (Å²) in [7, 11) is 3.05. The van der Waals surface area contributed by atoms with Gasteiger partial charge in [-0.15, -0.1) is 0 Å². The number of hydrogen-bond donors (Lipinski definition) is 0. The first-order valence-corrected chi connectivity index (χ1v) is 11.2. The maximum absolute atomic E-state index is 12.9. The lowest BCUT2D eigenvalue weighted by atomic mass is 10.0. The van der Waals surface area contributed by atoms with Crippen molar-refractivity contribution < 1.29 is 27.4 Å². The molecular weight excluding hydrogens is 455 g/mol. The van der Waals surface area contributed by atoms with Gasteiger partial charge in [0.05, 0.1) is 25.5 Å². The van der Waals surface area contributed by atoms with Gasteiger partial charge < -0.3 is 9.47 Å². The van der Waals surface area contributed by atoms with Crippen LogP contribution in [0.2, 0.25) is 0 Å².